The number of aromatic nitrogens is 3. The van der Waals surface area contributed by atoms with Gasteiger partial charge in [0.15, 0.2) is 0 Å². The molecule has 8 nitrogen and oxygen atoms in total. The molecular weight excluding hydrogens is 495 g/mol. The van der Waals surface area contributed by atoms with E-state index in [2.05, 4.69) is 15.3 Å². The van der Waals surface area contributed by atoms with Crippen LogP contribution in [-0.4, -0.2) is 32.1 Å². The summed E-state index contributed by atoms with van der Waals surface area (Å²) in [5.41, 5.74) is 2.01. The first kappa shape index (κ1) is 26.6. The number of aryl methyl sites for hydroxylation is 3. The number of thiazole rings is 1. The Bertz CT molecular complexity index is 1540. The van der Waals surface area contributed by atoms with Crippen LogP contribution in [0, 0.1) is 19.7 Å². The first-order valence-electron chi connectivity index (χ1n) is 12.0. The lowest BCUT2D eigenvalue weighted by atomic mass is 9.98. The molecule has 0 radical (unpaired) electrons. The van der Waals surface area contributed by atoms with Crippen molar-refractivity contribution < 1.29 is 19.0 Å². The summed E-state index contributed by atoms with van der Waals surface area (Å²) in [5.74, 6) is -0.355. The molecule has 4 aromatic rings. The van der Waals surface area contributed by atoms with E-state index >= 15 is 0 Å². The van der Waals surface area contributed by atoms with Crippen LogP contribution in [0.3, 0.4) is 0 Å². The normalized spacial score (nSPS) is 12.7. The molecule has 3 aromatic heterocycles. The zero-order valence-electron chi connectivity index (χ0n) is 21.9. The average molecular weight is 527 g/mol. The zero-order valence-corrected chi connectivity index (χ0v) is 22.8. The van der Waals surface area contributed by atoms with Crippen LogP contribution in [0.5, 0.6) is 5.88 Å². The third kappa shape index (κ3) is 5.03. The van der Waals surface area contributed by atoms with Crippen molar-refractivity contribution in [3.8, 4) is 16.3 Å². The standard InChI is InChI=1S/C27H31FN4O4S/c1-8-29-23(33)19-11-17-18(12-32(7)25(34)21(17)30-19)22-24(31-26(37-22)27(5,6)35)36-15(4)20-13(2)9-16(28)10-14(20)3/h9-12,15,30,35H,8H2,1-7H3,(H,29,33). The van der Waals surface area contributed by atoms with E-state index in [4.69, 9.17) is 4.74 Å². The molecule has 0 spiro atoms. The van der Waals surface area contributed by atoms with E-state index < -0.39 is 11.7 Å². The number of ether oxygens (including phenoxy) is 1. The number of aliphatic hydroxyl groups is 1. The molecule has 37 heavy (non-hydrogen) atoms. The molecule has 4 rings (SSSR count). The minimum absolute atomic E-state index is 0.266. The SMILES string of the molecule is CCNC(=O)c1cc2c(-c3sc(C(C)(C)O)nc3OC(C)c3c(C)cc(F)cc3C)cn(C)c(=O)c2[nH]1. The Morgan fingerprint density at radius 3 is 2.54 bits per heavy atom. The minimum Gasteiger partial charge on any atom is -0.469 e. The molecule has 0 bridgehead atoms. The van der Waals surface area contributed by atoms with E-state index in [1.54, 1.807) is 33.2 Å². The summed E-state index contributed by atoms with van der Waals surface area (Å²) in [5, 5.41) is 14.4. The second kappa shape index (κ2) is 9.75. The molecule has 0 saturated heterocycles. The van der Waals surface area contributed by atoms with Crippen molar-refractivity contribution >= 4 is 28.1 Å². The van der Waals surface area contributed by atoms with Crippen molar-refractivity contribution in [1.29, 1.82) is 0 Å². The molecular formula is C27H31FN4O4S. The van der Waals surface area contributed by atoms with E-state index in [-0.39, 0.29) is 34.4 Å². The highest BCUT2D eigenvalue weighted by molar-refractivity contribution is 7.15. The van der Waals surface area contributed by atoms with Gasteiger partial charge in [0.05, 0.1) is 0 Å². The van der Waals surface area contributed by atoms with Gasteiger partial charge in [0, 0.05) is 30.7 Å². The monoisotopic (exact) mass is 526 g/mol. The molecule has 1 unspecified atom stereocenters. The Morgan fingerprint density at radius 1 is 1.30 bits per heavy atom. The van der Waals surface area contributed by atoms with E-state index in [0.29, 0.717) is 27.4 Å². The number of fused-ring (bicyclic) bond motifs is 1. The molecule has 0 fully saturated rings. The van der Waals surface area contributed by atoms with Crippen molar-refractivity contribution in [1.82, 2.24) is 19.9 Å². The molecule has 0 aliphatic rings. The number of nitrogens with zero attached hydrogens (tertiary/aromatic N) is 2. The fourth-order valence-electron chi connectivity index (χ4n) is 4.50. The van der Waals surface area contributed by atoms with E-state index in [1.807, 2.05) is 27.7 Å². The predicted molar refractivity (Wildman–Crippen MR) is 143 cm³/mol. The Balaban J connectivity index is 1.91. The topological polar surface area (TPSA) is 109 Å². The maximum absolute atomic E-state index is 13.9. The van der Waals surface area contributed by atoms with E-state index in [9.17, 15) is 19.1 Å². The van der Waals surface area contributed by atoms with Crippen LogP contribution in [0.2, 0.25) is 0 Å². The molecule has 3 heterocycles. The number of benzene rings is 1. The highest BCUT2D eigenvalue weighted by Gasteiger charge is 2.28. The highest BCUT2D eigenvalue weighted by Crippen LogP contribution is 2.43. The number of hydrogen-bond donors (Lipinski definition) is 3. The molecule has 1 aromatic carbocycles. The van der Waals surface area contributed by atoms with Gasteiger partial charge < -0.3 is 24.7 Å². The lowest BCUT2D eigenvalue weighted by Gasteiger charge is -2.19. The van der Waals surface area contributed by atoms with Crippen molar-refractivity contribution in [3.63, 3.8) is 0 Å². The maximum Gasteiger partial charge on any atom is 0.274 e. The maximum atomic E-state index is 13.9. The van der Waals surface area contributed by atoms with Gasteiger partial charge in [0.25, 0.3) is 11.5 Å². The first-order valence-corrected chi connectivity index (χ1v) is 12.8. The fourth-order valence-corrected chi connectivity index (χ4v) is 5.53. The summed E-state index contributed by atoms with van der Waals surface area (Å²) >= 11 is 1.25. The minimum atomic E-state index is -1.24. The van der Waals surface area contributed by atoms with Gasteiger partial charge in [0.2, 0.25) is 5.88 Å². The fraction of sp³-hybridized carbons (Fsp3) is 0.370. The first-order chi connectivity index (χ1) is 17.3. The van der Waals surface area contributed by atoms with Gasteiger partial charge in [-0.15, -0.1) is 11.3 Å². The summed E-state index contributed by atoms with van der Waals surface area (Å²) in [7, 11) is 1.63. The van der Waals surface area contributed by atoms with Gasteiger partial charge in [-0.2, -0.15) is 0 Å². The molecule has 1 amide bonds. The highest BCUT2D eigenvalue weighted by atomic mass is 32.1. The number of nitrogens with one attached hydrogen (secondary N) is 2. The van der Waals surface area contributed by atoms with Crippen molar-refractivity contribution in [2.45, 2.75) is 53.2 Å². The molecule has 1 atom stereocenters. The number of hydrogen-bond acceptors (Lipinski definition) is 6. The van der Waals surface area contributed by atoms with Crippen LogP contribution < -0.4 is 15.6 Å². The van der Waals surface area contributed by atoms with Crippen LogP contribution in [0.15, 0.2) is 29.2 Å². The second-order valence-electron chi connectivity index (χ2n) is 9.72. The lowest BCUT2D eigenvalue weighted by molar-refractivity contribution is 0.0771. The third-order valence-corrected chi connectivity index (χ3v) is 7.55. The number of halogens is 1. The number of rotatable bonds is 7. The number of carbonyl (C=O) groups excluding carboxylic acids is 1. The van der Waals surface area contributed by atoms with Crippen LogP contribution in [0.25, 0.3) is 21.3 Å². The van der Waals surface area contributed by atoms with Crippen LogP contribution >= 0.6 is 11.3 Å². The van der Waals surface area contributed by atoms with Crippen LogP contribution in [0.4, 0.5) is 4.39 Å². The number of carbonyl (C=O) groups is 1. The summed E-state index contributed by atoms with van der Waals surface area (Å²) < 4.78 is 21.7. The Morgan fingerprint density at radius 2 is 1.95 bits per heavy atom. The molecule has 0 saturated carbocycles. The summed E-state index contributed by atoms with van der Waals surface area (Å²) in [6.07, 6.45) is 1.20. The molecule has 0 aliphatic carbocycles. The number of H-pyrrole nitrogens is 1. The molecule has 196 valence electrons. The smallest absolute Gasteiger partial charge is 0.274 e. The zero-order chi connectivity index (χ0) is 27.2. The Kier molecular flexibility index (Phi) is 7.00. The second-order valence-corrected chi connectivity index (χ2v) is 10.7. The lowest BCUT2D eigenvalue weighted by Crippen LogP contribution is -2.23. The van der Waals surface area contributed by atoms with Crippen LogP contribution in [0.1, 0.15) is 66.0 Å². The summed E-state index contributed by atoms with van der Waals surface area (Å²) in [6, 6.07) is 4.57. The van der Waals surface area contributed by atoms with Gasteiger partial charge in [-0.1, -0.05) is 0 Å². The van der Waals surface area contributed by atoms with Crippen molar-refractivity contribution in [2.75, 3.05) is 6.54 Å². The van der Waals surface area contributed by atoms with E-state index in [1.165, 1.54) is 28.0 Å². The number of amides is 1. The summed E-state index contributed by atoms with van der Waals surface area (Å²) in [4.78, 5) is 33.6. The largest absolute Gasteiger partial charge is 0.469 e. The van der Waals surface area contributed by atoms with Gasteiger partial charge in [-0.25, -0.2) is 9.37 Å². The van der Waals surface area contributed by atoms with Gasteiger partial charge in [-0.3, -0.25) is 9.59 Å². The van der Waals surface area contributed by atoms with Crippen molar-refractivity contribution in [2.24, 2.45) is 7.05 Å². The number of pyridine rings is 1. The summed E-state index contributed by atoms with van der Waals surface area (Å²) in [6.45, 7) is 11.0. The van der Waals surface area contributed by atoms with Crippen LogP contribution in [-0.2, 0) is 12.6 Å². The molecule has 0 aliphatic heterocycles. The Hall–Kier alpha value is -3.50. The van der Waals surface area contributed by atoms with Gasteiger partial charge in [-0.05, 0) is 76.4 Å². The Labute approximate surface area is 218 Å². The van der Waals surface area contributed by atoms with Gasteiger partial charge >= 0.3 is 0 Å². The quantitative estimate of drug-likeness (QED) is 0.319. The molecule has 3 N–H and O–H groups in total. The third-order valence-electron chi connectivity index (χ3n) is 6.16. The van der Waals surface area contributed by atoms with Crippen molar-refractivity contribution in [3.05, 3.63) is 68.0 Å². The average Bonchev–Trinajstić information content (AvgIpc) is 3.41. The van der Waals surface area contributed by atoms with E-state index in [0.717, 1.165) is 16.7 Å². The number of aromatic amines is 1. The molecule has 10 heteroatoms. The van der Waals surface area contributed by atoms with Gasteiger partial charge in [0.1, 0.15) is 38.6 Å². The predicted octanol–water partition coefficient (Wildman–Crippen LogP) is 4.86.